The minimum Gasteiger partial charge on any atom is -0.351 e. The lowest BCUT2D eigenvalue weighted by Crippen LogP contribution is -2.51. The molecule has 0 bridgehead atoms. The fraction of sp³-hybridized carbons (Fsp3) is 0.273. The number of halogens is 4. The van der Waals surface area contributed by atoms with Crippen molar-refractivity contribution in [1.82, 2.24) is 0 Å². The first-order chi connectivity index (χ1) is 8.30. The van der Waals surface area contributed by atoms with Crippen LogP contribution >= 0.6 is 11.6 Å². The summed E-state index contributed by atoms with van der Waals surface area (Å²) in [7, 11) is 0. The number of anilines is 1. The lowest BCUT2D eigenvalue weighted by atomic mass is 9.91. The van der Waals surface area contributed by atoms with Crippen molar-refractivity contribution in [3.8, 4) is 12.3 Å². The summed E-state index contributed by atoms with van der Waals surface area (Å²) in [6, 6.07) is 3.73. The molecule has 2 atom stereocenters. The molecule has 1 aromatic rings. The average molecular weight is 278 g/mol. The smallest absolute Gasteiger partial charge is 0.351 e. The zero-order chi connectivity index (χ0) is 13.6. The van der Waals surface area contributed by atoms with Gasteiger partial charge in [0.1, 0.15) is 0 Å². The molecule has 2 rings (SSSR count). The molecule has 2 N–H and O–H groups in total. The van der Waals surface area contributed by atoms with Crippen LogP contribution < -0.4 is 5.32 Å². The number of aliphatic hydroxyl groups is 1. The van der Waals surface area contributed by atoms with Crippen LogP contribution in [0.15, 0.2) is 18.2 Å². The van der Waals surface area contributed by atoms with E-state index in [2.05, 4.69) is 10.1 Å². The number of benzene rings is 1. The van der Waals surface area contributed by atoms with E-state index in [4.69, 9.17) is 18.0 Å². The molecule has 1 aromatic carbocycles. The first-order valence-electron chi connectivity index (χ1n) is 4.77. The van der Waals surface area contributed by atoms with Crippen LogP contribution in [-0.4, -0.2) is 17.7 Å². The van der Waals surface area contributed by atoms with Crippen LogP contribution in [0.1, 0.15) is 5.56 Å². The van der Waals surface area contributed by atoms with Crippen molar-refractivity contribution in [2.75, 3.05) is 5.32 Å². The van der Waals surface area contributed by atoms with E-state index in [9.17, 15) is 18.3 Å². The number of aliphatic hydroxyl groups excluding tert-OH is 1. The summed E-state index contributed by atoms with van der Waals surface area (Å²) < 4.78 is 43.9. The van der Waals surface area contributed by atoms with Gasteiger partial charge in [-0.3, -0.25) is 0 Å². The Balaban J connectivity index is 2.71. The van der Waals surface area contributed by atoms with E-state index in [1.54, 1.807) is 5.92 Å². The maximum Gasteiger partial charge on any atom is 0.433 e. The van der Waals surface area contributed by atoms with Gasteiger partial charge in [0.05, 0.1) is 0 Å². The highest BCUT2D eigenvalue weighted by Crippen LogP contribution is 2.48. The van der Waals surface area contributed by atoms with Gasteiger partial charge in [0.2, 0.25) is 6.41 Å². The first-order valence-corrected chi connectivity index (χ1v) is 5.15. The third kappa shape index (κ3) is 1.81. The molecule has 2 unspecified atom stereocenters. The van der Waals surface area contributed by atoms with Crippen molar-refractivity contribution in [2.45, 2.75) is 18.2 Å². The van der Waals surface area contributed by atoms with E-state index < -0.39 is 18.2 Å². The lowest BCUT2D eigenvalue weighted by molar-refractivity contribution is -0.298. The van der Waals surface area contributed by atoms with E-state index in [-0.39, 0.29) is 16.3 Å². The number of fused-ring (bicyclic) bond motifs is 1. The van der Waals surface area contributed by atoms with Gasteiger partial charge in [-0.2, -0.15) is 13.2 Å². The molecule has 0 aliphatic carbocycles. The fourth-order valence-corrected chi connectivity index (χ4v) is 1.91. The Hall–Kier alpha value is -1.42. The largest absolute Gasteiger partial charge is 0.433 e. The lowest BCUT2D eigenvalue weighted by Gasteiger charge is -2.38. The summed E-state index contributed by atoms with van der Waals surface area (Å²) in [6.07, 6.45) is -1.76. The molecule has 0 saturated carbocycles. The van der Waals surface area contributed by atoms with Crippen LogP contribution in [0.5, 0.6) is 0 Å². The molecule has 0 aromatic heterocycles. The molecule has 7 heteroatoms. The topological polar surface area (TPSA) is 41.5 Å². The molecule has 96 valence electrons. The third-order valence-corrected chi connectivity index (χ3v) is 2.77. The summed E-state index contributed by atoms with van der Waals surface area (Å²) in [5, 5.41) is 11.7. The first kappa shape index (κ1) is 13.0. The van der Waals surface area contributed by atoms with Gasteiger partial charge in [-0.15, -0.1) is 6.42 Å². The minimum absolute atomic E-state index is 0.0217. The predicted molar refractivity (Wildman–Crippen MR) is 58.7 cm³/mol. The predicted octanol–water partition coefficient (Wildman–Crippen LogP) is 2.45. The van der Waals surface area contributed by atoms with Crippen molar-refractivity contribution in [1.29, 1.82) is 0 Å². The molecule has 0 spiro atoms. The Kier molecular flexibility index (Phi) is 2.93. The summed E-state index contributed by atoms with van der Waals surface area (Å²) in [4.78, 5) is 0. The highest BCUT2D eigenvalue weighted by atomic mass is 35.5. The van der Waals surface area contributed by atoms with Crippen molar-refractivity contribution < 1.29 is 23.0 Å². The molecular formula is C11H7ClF3NO2. The van der Waals surface area contributed by atoms with Gasteiger partial charge < -0.3 is 15.2 Å². The van der Waals surface area contributed by atoms with Crippen LogP contribution in [0.4, 0.5) is 18.9 Å². The highest BCUT2D eigenvalue weighted by molar-refractivity contribution is 6.30. The van der Waals surface area contributed by atoms with Gasteiger partial charge in [-0.05, 0) is 18.2 Å². The molecule has 0 amide bonds. The van der Waals surface area contributed by atoms with Crippen LogP contribution in [0.3, 0.4) is 0 Å². The second kappa shape index (κ2) is 4.05. The Morgan fingerprint density at radius 1 is 1.50 bits per heavy atom. The highest BCUT2D eigenvalue weighted by Gasteiger charge is 2.60. The molecule has 1 aliphatic rings. The van der Waals surface area contributed by atoms with E-state index in [0.29, 0.717) is 0 Å². The van der Waals surface area contributed by atoms with Crippen LogP contribution in [0.2, 0.25) is 5.02 Å². The van der Waals surface area contributed by atoms with E-state index in [1.165, 1.54) is 12.1 Å². The van der Waals surface area contributed by atoms with E-state index in [0.717, 1.165) is 6.07 Å². The quantitative estimate of drug-likeness (QED) is 0.716. The molecular weight excluding hydrogens is 271 g/mol. The average Bonchev–Trinajstić information content (AvgIpc) is 2.27. The van der Waals surface area contributed by atoms with E-state index >= 15 is 0 Å². The molecule has 0 saturated heterocycles. The zero-order valence-corrected chi connectivity index (χ0v) is 9.51. The number of rotatable bonds is 0. The molecule has 0 radical (unpaired) electrons. The summed E-state index contributed by atoms with van der Waals surface area (Å²) in [6.45, 7) is 0. The molecule has 1 aliphatic heterocycles. The SMILES string of the molecule is C#CC1(C(F)(F)F)OC(O)Nc2ccc(Cl)cc21. The molecule has 18 heavy (non-hydrogen) atoms. The minimum atomic E-state index is -4.88. The monoisotopic (exact) mass is 277 g/mol. The van der Waals surface area contributed by atoms with Gasteiger partial charge >= 0.3 is 6.18 Å². The van der Waals surface area contributed by atoms with Crippen LogP contribution in [0, 0.1) is 12.3 Å². The summed E-state index contributed by atoms with van der Waals surface area (Å²) in [5.74, 6) is 1.57. The zero-order valence-electron chi connectivity index (χ0n) is 8.75. The second-order valence-electron chi connectivity index (χ2n) is 3.63. The normalized spacial score (nSPS) is 27.0. The molecule has 1 heterocycles. The molecule has 3 nitrogen and oxygen atoms in total. The molecule has 0 fully saturated rings. The van der Waals surface area contributed by atoms with Crippen LogP contribution in [-0.2, 0) is 10.3 Å². The summed E-state index contributed by atoms with van der Waals surface area (Å²) in [5.41, 5.74) is -3.35. The number of nitrogens with one attached hydrogen (secondary N) is 1. The van der Waals surface area contributed by atoms with Crippen molar-refractivity contribution in [2.24, 2.45) is 0 Å². The number of hydrogen-bond donors (Lipinski definition) is 2. The van der Waals surface area contributed by atoms with Crippen molar-refractivity contribution in [3.63, 3.8) is 0 Å². The number of terminal acetylenes is 1. The number of hydrogen-bond acceptors (Lipinski definition) is 3. The fourth-order valence-electron chi connectivity index (χ4n) is 1.74. The van der Waals surface area contributed by atoms with Gasteiger partial charge in [0.25, 0.3) is 5.60 Å². The van der Waals surface area contributed by atoms with Crippen LogP contribution in [0.25, 0.3) is 0 Å². The Labute approximate surface area is 106 Å². The Morgan fingerprint density at radius 3 is 2.72 bits per heavy atom. The van der Waals surface area contributed by atoms with Gasteiger partial charge in [-0.1, -0.05) is 17.5 Å². The van der Waals surface area contributed by atoms with Gasteiger partial charge in [-0.25, -0.2) is 0 Å². The summed E-state index contributed by atoms with van der Waals surface area (Å²) >= 11 is 5.67. The van der Waals surface area contributed by atoms with Crippen molar-refractivity contribution in [3.05, 3.63) is 28.8 Å². The standard InChI is InChI=1S/C11H7ClF3NO2/c1-2-10(11(13,14)15)7-5-6(12)3-4-8(7)16-9(17)18-10/h1,3-5,9,16-17H. The maximum absolute atomic E-state index is 13.1. The number of alkyl halides is 3. The number of ether oxygens (including phenoxy) is 1. The Bertz CT molecular complexity index is 526. The maximum atomic E-state index is 13.1. The third-order valence-electron chi connectivity index (χ3n) is 2.53. The van der Waals surface area contributed by atoms with Crippen molar-refractivity contribution >= 4 is 17.3 Å². The second-order valence-corrected chi connectivity index (χ2v) is 4.06. The van der Waals surface area contributed by atoms with Gasteiger partial charge in [0.15, 0.2) is 0 Å². The Morgan fingerprint density at radius 2 is 2.17 bits per heavy atom. The van der Waals surface area contributed by atoms with Gasteiger partial charge in [0, 0.05) is 16.3 Å². The van der Waals surface area contributed by atoms with E-state index in [1.807, 2.05) is 0 Å².